The molecule has 2 atom stereocenters. The molecule has 0 aromatic heterocycles. The Hall–Kier alpha value is -2.29. The van der Waals surface area contributed by atoms with Crippen molar-refractivity contribution >= 4 is 19.8 Å². The third-order valence-electron chi connectivity index (χ3n) is 9.12. The van der Waals surface area contributed by atoms with Gasteiger partial charge in [0.25, 0.3) is 0 Å². The lowest BCUT2D eigenvalue weighted by atomic mass is 10.1. The van der Waals surface area contributed by atoms with Gasteiger partial charge in [0, 0.05) is 19.4 Å². The number of carbonyl (C=O) groups excluding carboxylic acids is 2. The molecule has 0 saturated heterocycles. The largest absolute Gasteiger partial charge is 0.472 e. The van der Waals surface area contributed by atoms with Gasteiger partial charge in [-0.3, -0.25) is 18.6 Å². The molecule has 0 aliphatic carbocycles. The maximum absolute atomic E-state index is 12.6. The molecule has 56 heavy (non-hydrogen) atoms. The molecule has 0 fully saturated rings. The number of carbonyl (C=O) groups is 2. The number of phosphoric ester groups is 1. The number of hydrogen-bond donors (Lipinski definition) is 2. The van der Waals surface area contributed by atoms with E-state index in [2.05, 4.69) is 79.9 Å². The van der Waals surface area contributed by atoms with Gasteiger partial charge in [0.15, 0.2) is 6.10 Å². The minimum Gasteiger partial charge on any atom is -0.462 e. The van der Waals surface area contributed by atoms with Crippen LogP contribution in [0.15, 0.2) is 60.8 Å². The van der Waals surface area contributed by atoms with Crippen molar-refractivity contribution < 1.29 is 37.6 Å². The molecule has 0 heterocycles. The highest BCUT2D eigenvalue weighted by molar-refractivity contribution is 7.47. The topological polar surface area (TPSA) is 120 Å². The first kappa shape index (κ1) is 53.7. The van der Waals surface area contributed by atoms with Crippen LogP contribution in [0, 0.1) is 0 Å². The molecule has 9 nitrogen and oxygen atoms in total. The minimum absolute atomic E-state index is 0.0243. The molecule has 0 radical (unpaired) electrons. The van der Waals surface area contributed by atoms with Gasteiger partial charge in [-0.1, -0.05) is 152 Å². The van der Waals surface area contributed by atoms with E-state index >= 15 is 0 Å². The molecular weight excluding hydrogens is 725 g/mol. The number of unbranched alkanes of at least 4 members (excludes halogenated alkanes) is 17. The summed E-state index contributed by atoms with van der Waals surface area (Å²) in [4.78, 5) is 35.1. The normalized spacial score (nSPS) is 13.9. The molecule has 0 aromatic rings. The Labute approximate surface area is 342 Å². The van der Waals surface area contributed by atoms with Crippen LogP contribution in [0.2, 0.25) is 0 Å². The Kier molecular flexibility index (Phi) is 40.6. The fraction of sp³-hybridized carbons (Fsp3) is 0.739. The van der Waals surface area contributed by atoms with Crippen LogP contribution < -0.4 is 5.32 Å². The van der Waals surface area contributed by atoms with Crippen molar-refractivity contribution in [1.29, 1.82) is 0 Å². The highest BCUT2D eigenvalue weighted by Crippen LogP contribution is 2.43. The van der Waals surface area contributed by atoms with Crippen LogP contribution in [0.25, 0.3) is 0 Å². The van der Waals surface area contributed by atoms with Crippen LogP contribution in [-0.2, 0) is 32.7 Å². The van der Waals surface area contributed by atoms with Crippen molar-refractivity contribution in [3.05, 3.63) is 60.8 Å². The smallest absolute Gasteiger partial charge is 0.462 e. The highest BCUT2D eigenvalue weighted by atomic mass is 31.2. The molecule has 0 bridgehead atoms. The molecule has 2 unspecified atom stereocenters. The summed E-state index contributed by atoms with van der Waals surface area (Å²) in [5.74, 6) is -0.842. The van der Waals surface area contributed by atoms with Gasteiger partial charge in [-0.15, -0.1) is 0 Å². The average molecular weight is 808 g/mol. The zero-order valence-corrected chi connectivity index (χ0v) is 36.7. The van der Waals surface area contributed by atoms with E-state index in [1.165, 1.54) is 64.2 Å². The second-order valence-corrected chi connectivity index (χ2v) is 15.9. The maximum atomic E-state index is 12.6. The van der Waals surface area contributed by atoms with Crippen molar-refractivity contribution in [1.82, 2.24) is 5.32 Å². The van der Waals surface area contributed by atoms with Gasteiger partial charge in [0.2, 0.25) is 0 Å². The Morgan fingerprint density at radius 3 is 1.54 bits per heavy atom. The van der Waals surface area contributed by atoms with E-state index in [1.54, 1.807) is 7.05 Å². The fourth-order valence-electron chi connectivity index (χ4n) is 5.77. The summed E-state index contributed by atoms with van der Waals surface area (Å²) in [6.45, 7) is 4.07. The highest BCUT2D eigenvalue weighted by Gasteiger charge is 2.26. The zero-order valence-electron chi connectivity index (χ0n) is 35.8. The van der Waals surface area contributed by atoms with Crippen molar-refractivity contribution in [2.24, 2.45) is 0 Å². The lowest BCUT2D eigenvalue weighted by molar-refractivity contribution is -0.161. The van der Waals surface area contributed by atoms with E-state index in [9.17, 15) is 19.0 Å². The Morgan fingerprint density at radius 2 is 1.02 bits per heavy atom. The minimum atomic E-state index is -4.36. The van der Waals surface area contributed by atoms with Crippen molar-refractivity contribution in [2.45, 2.75) is 187 Å². The first-order valence-electron chi connectivity index (χ1n) is 22.2. The van der Waals surface area contributed by atoms with Crippen LogP contribution in [0.4, 0.5) is 0 Å². The third kappa shape index (κ3) is 41.3. The summed E-state index contributed by atoms with van der Waals surface area (Å²) < 4.78 is 33.2. The summed E-state index contributed by atoms with van der Waals surface area (Å²) in [5.41, 5.74) is 0. The Bertz CT molecular complexity index is 1100. The molecule has 0 aliphatic rings. The van der Waals surface area contributed by atoms with E-state index in [4.69, 9.17) is 18.5 Å². The number of ether oxygens (including phenoxy) is 2. The van der Waals surface area contributed by atoms with Crippen molar-refractivity contribution in [2.75, 3.05) is 33.4 Å². The molecule has 0 amide bonds. The van der Waals surface area contributed by atoms with E-state index in [-0.39, 0.29) is 26.1 Å². The summed E-state index contributed by atoms with van der Waals surface area (Å²) in [5, 5.41) is 2.82. The van der Waals surface area contributed by atoms with Crippen LogP contribution in [0.1, 0.15) is 181 Å². The van der Waals surface area contributed by atoms with E-state index in [1.807, 2.05) is 0 Å². The van der Waals surface area contributed by atoms with Crippen LogP contribution in [-0.4, -0.2) is 56.3 Å². The lowest BCUT2D eigenvalue weighted by Crippen LogP contribution is -2.29. The molecule has 0 rings (SSSR count). The molecule has 324 valence electrons. The summed E-state index contributed by atoms with van der Waals surface area (Å²) >= 11 is 0. The van der Waals surface area contributed by atoms with Gasteiger partial charge < -0.3 is 19.7 Å². The molecule has 0 aromatic carbocycles. The average Bonchev–Trinajstić information content (AvgIpc) is 3.18. The van der Waals surface area contributed by atoms with E-state index in [0.29, 0.717) is 19.4 Å². The van der Waals surface area contributed by atoms with Gasteiger partial charge in [-0.2, -0.15) is 0 Å². The first-order valence-corrected chi connectivity index (χ1v) is 23.7. The van der Waals surface area contributed by atoms with Gasteiger partial charge in [0.05, 0.1) is 13.2 Å². The first-order chi connectivity index (χ1) is 27.3. The quantitative estimate of drug-likeness (QED) is 0.0269. The molecular formula is C46H82NO8P. The van der Waals surface area contributed by atoms with Gasteiger partial charge in [0.1, 0.15) is 6.61 Å². The van der Waals surface area contributed by atoms with Crippen LogP contribution >= 0.6 is 7.82 Å². The van der Waals surface area contributed by atoms with Gasteiger partial charge in [-0.25, -0.2) is 4.57 Å². The van der Waals surface area contributed by atoms with E-state index < -0.39 is 32.5 Å². The number of phosphoric acid groups is 1. The van der Waals surface area contributed by atoms with Gasteiger partial charge >= 0.3 is 19.8 Å². The summed E-state index contributed by atoms with van der Waals surface area (Å²) in [7, 11) is -2.66. The number of nitrogens with one attached hydrogen (secondary N) is 1. The summed E-state index contributed by atoms with van der Waals surface area (Å²) in [6, 6.07) is 0. The molecule has 0 aliphatic heterocycles. The predicted molar refractivity (Wildman–Crippen MR) is 234 cm³/mol. The summed E-state index contributed by atoms with van der Waals surface area (Å²) in [6.07, 6.45) is 48.3. The van der Waals surface area contributed by atoms with Gasteiger partial charge in [-0.05, 0) is 84.1 Å². The zero-order chi connectivity index (χ0) is 41.1. The van der Waals surface area contributed by atoms with Crippen molar-refractivity contribution in [3.63, 3.8) is 0 Å². The number of esters is 2. The number of allylic oxidation sites excluding steroid dienone is 10. The molecule has 10 heteroatoms. The third-order valence-corrected chi connectivity index (χ3v) is 10.1. The monoisotopic (exact) mass is 808 g/mol. The maximum Gasteiger partial charge on any atom is 0.472 e. The fourth-order valence-corrected chi connectivity index (χ4v) is 6.52. The predicted octanol–water partition coefficient (Wildman–Crippen LogP) is 12.8. The molecule has 0 spiro atoms. The Morgan fingerprint density at radius 1 is 0.571 bits per heavy atom. The van der Waals surface area contributed by atoms with Crippen LogP contribution in [0.3, 0.4) is 0 Å². The van der Waals surface area contributed by atoms with E-state index in [0.717, 1.165) is 77.0 Å². The Balaban J connectivity index is 4.26. The molecule has 2 N–H and O–H groups in total. The second-order valence-electron chi connectivity index (χ2n) is 14.5. The molecule has 0 saturated carbocycles. The number of likely N-dealkylation sites (N-methyl/N-ethyl adjacent to an activating group) is 1. The van der Waals surface area contributed by atoms with Crippen molar-refractivity contribution in [3.8, 4) is 0 Å². The lowest BCUT2D eigenvalue weighted by Gasteiger charge is -2.20. The van der Waals surface area contributed by atoms with Crippen LogP contribution in [0.5, 0.6) is 0 Å². The standard InChI is InChI=1S/C46H82NO8P/c1-4-6-8-10-12-14-16-18-20-22-24-26-28-30-32-34-36-38-45(48)52-42-44(43-54-56(50,51)53-41-40-47-3)55-46(49)39-37-35-33-31-29-27-25-23-21-19-17-15-13-11-9-7-5-2/h6,8,12,14,18-21,24,26,44,47H,4-5,7,9-11,13,15-17,22-23,25,27-43H2,1-3H3,(H,50,51)/b8-6-,14-12-,20-18-,21-19-,26-24-. The second kappa shape index (κ2) is 42.3. The number of hydrogen-bond acceptors (Lipinski definition) is 8. The SMILES string of the molecule is CC/C=C\C/C=C\C/C=C\C/C=C\CCCCCCC(=O)OCC(COP(=O)(O)OCCNC)OC(=O)CCCCCCCCC/C=C\CCCCCCCC. The number of rotatable bonds is 41.